The van der Waals surface area contributed by atoms with Gasteiger partial charge in [-0.3, -0.25) is 4.68 Å². The maximum atomic E-state index is 8.59. The highest BCUT2D eigenvalue weighted by Gasteiger charge is 1.98. The fourth-order valence-electron chi connectivity index (χ4n) is 1.81. The summed E-state index contributed by atoms with van der Waals surface area (Å²) in [6.07, 6.45) is 3.22. The van der Waals surface area contributed by atoms with Gasteiger partial charge in [-0.15, -0.1) is 0 Å². The number of anilines is 1. The number of aryl methyl sites for hydroxylation is 1. The zero-order valence-corrected chi connectivity index (χ0v) is 10.4. The van der Waals surface area contributed by atoms with Gasteiger partial charge in [-0.25, -0.2) is 0 Å². The van der Waals surface area contributed by atoms with E-state index in [1.54, 1.807) is 0 Å². The number of hydrogen-bond acceptors (Lipinski definition) is 3. The van der Waals surface area contributed by atoms with Crippen molar-refractivity contribution >= 4 is 5.69 Å². The molecular weight excluding hydrogens is 224 g/mol. The van der Waals surface area contributed by atoms with E-state index in [9.17, 15) is 0 Å². The summed E-state index contributed by atoms with van der Waals surface area (Å²) in [4.78, 5) is 0. The third-order valence-corrected chi connectivity index (χ3v) is 2.87. The predicted molar refractivity (Wildman–Crippen MR) is 71.2 cm³/mol. The summed E-state index contributed by atoms with van der Waals surface area (Å²) >= 11 is 0. The SMILES string of the molecule is Cn1nccc1CCNc1ccc(CC#N)cc1. The van der Waals surface area contributed by atoms with Crippen LogP contribution in [0.15, 0.2) is 36.5 Å². The van der Waals surface area contributed by atoms with Gasteiger partial charge in [0, 0.05) is 37.6 Å². The van der Waals surface area contributed by atoms with Crippen LogP contribution < -0.4 is 5.32 Å². The van der Waals surface area contributed by atoms with E-state index in [0.29, 0.717) is 6.42 Å². The Morgan fingerprint density at radius 3 is 2.67 bits per heavy atom. The lowest BCUT2D eigenvalue weighted by atomic mass is 10.1. The average molecular weight is 240 g/mol. The van der Waals surface area contributed by atoms with Crippen LogP contribution in [0.4, 0.5) is 5.69 Å². The fraction of sp³-hybridized carbons (Fsp3) is 0.286. The molecule has 0 aliphatic heterocycles. The third kappa shape index (κ3) is 3.11. The van der Waals surface area contributed by atoms with Crippen molar-refractivity contribution in [1.29, 1.82) is 5.26 Å². The largest absolute Gasteiger partial charge is 0.385 e. The first kappa shape index (κ1) is 12.2. The second-order valence-corrected chi connectivity index (χ2v) is 4.15. The molecule has 1 aromatic heterocycles. The number of nitrogens with zero attached hydrogens (tertiary/aromatic N) is 3. The highest BCUT2D eigenvalue weighted by molar-refractivity contribution is 5.45. The molecule has 92 valence electrons. The lowest BCUT2D eigenvalue weighted by Crippen LogP contribution is -2.08. The van der Waals surface area contributed by atoms with Crippen LogP contribution in [0, 0.1) is 11.3 Å². The van der Waals surface area contributed by atoms with E-state index in [0.717, 1.165) is 24.2 Å². The molecule has 0 radical (unpaired) electrons. The van der Waals surface area contributed by atoms with E-state index in [4.69, 9.17) is 5.26 Å². The lowest BCUT2D eigenvalue weighted by molar-refractivity contribution is 0.711. The van der Waals surface area contributed by atoms with E-state index in [1.165, 1.54) is 5.69 Å². The van der Waals surface area contributed by atoms with Crippen molar-refractivity contribution in [1.82, 2.24) is 9.78 Å². The van der Waals surface area contributed by atoms with Gasteiger partial charge >= 0.3 is 0 Å². The molecule has 0 fully saturated rings. The lowest BCUT2D eigenvalue weighted by Gasteiger charge is -2.07. The smallest absolute Gasteiger partial charge is 0.0669 e. The first-order valence-corrected chi connectivity index (χ1v) is 5.96. The zero-order valence-electron chi connectivity index (χ0n) is 10.4. The minimum Gasteiger partial charge on any atom is -0.385 e. The van der Waals surface area contributed by atoms with E-state index in [2.05, 4.69) is 16.5 Å². The van der Waals surface area contributed by atoms with Crippen LogP contribution in [0.5, 0.6) is 0 Å². The monoisotopic (exact) mass is 240 g/mol. The molecule has 1 aromatic carbocycles. The first-order valence-electron chi connectivity index (χ1n) is 5.96. The molecule has 0 saturated carbocycles. The van der Waals surface area contributed by atoms with Gasteiger partial charge in [0.25, 0.3) is 0 Å². The minimum atomic E-state index is 0.468. The molecular formula is C14H16N4. The molecule has 0 aliphatic carbocycles. The topological polar surface area (TPSA) is 53.6 Å². The average Bonchev–Trinajstić information content (AvgIpc) is 2.78. The standard InChI is InChI=1S/C14H16N4/c1-18-14(8-11-17-18)7-10-16-13-4-2-12(3-5-13)6-9-15/h2-5,8,11,16H,6-7,10H2,1H3. The second-order valence-electron chi connectivity index (χ2n) is 4.15. The Hall–Kier alpha value is -2.28. The van der Waals surface area contributed by atoms with Crippen molar-refractivity contribution in [3.8, 4) is 6.07 Å². The van der Waals surface area contributed by atoms with E-state index >= 15 is 0 Å². The number of rotatable bonds is 5. The Bertz CT molecular complexity index is 534. The van der Waals surface area contributed by atoms with Gasteiger partial charge in [-0.05, 0) is 23.8 Å². The molecule has 0 atom stereocenters. The van der Waals surface area contributed by atoms with Gasteiger partial charge in [0.1, 0.15) is 0 Å². The summed E-state index contributed by atoms with van der Waals surface area (Å²) in [6, 6.07) is 12.1. The summed E-state index contributed by atoms with van der Waals surface area (Å²) in [5.41, 5.74) is 3.34. The number of hydrogen-bond donors (Lipinski definition) is 1. The van der Waals surface area contributed by atoms with Crippen molar-refractivity contribution in [3.05, 3.63) is 47.8 Å². The first-order chi connectivity index (χ1) is 8.79. The van der Waals surface area contributed by atoms with Crippen molar-refractivity contribution < 1.29 is 0 Å². The van der Waals surface area contributed by atoms with Crippen LogP contribution in [0.1, 0.15) is 11.3 Å². The Kier molecular flexibility index (Phi) is 3.98. The maximum Gasteiger partial charge on any atom is 0.0669 e. The third-order valence-electron chi connectivity index (χ3n) is 2.87. The molecule has 0 aliphatic rings. The Balaban J connectivity index is 1.83. The highest BCUT2D eigenvalue weighted by atomic mass is 15.3. The van der Waals surface area contributed by atoms with Crippen LogP contribution in [-0.2, 0) is 19.9 Å². The second kappa shape index (κ2) is 5.87. The quantitative estimate of drug-likeness (QED) is 0.871. The Morgan fingerprint density at radius 2 is 2.06 bits per heavy atom. The van der Waals surface area contributed by atoms with Gasteiger partial charge in [0.15, 0.2) is 0 Å². The fourth-order valence-corrected chi connectivity index (χ4v) is 1.81. The Morgan fingerprint density at radius 1 is 1.28 bits per heavy atom. The molecule has 1 N–H and O–H groups in total. The predicted octanol–water partition coefficient (Wildman–Crippen LogP) is 2.14. The van der Waals surface area contributed by atoms with Crippen molar-refractivity contribution in [2.75, 3.05) is 11.9 Å². The van der Waals surface area contributed by atoms with Crippen LogP contribution in [-0.4, -0.2) is 16.3 Å². The molecule has 0 saturated heterocycles. The Labute approximate surface area is 107 Å². The number of aromatic nitrogens is 2. The number of nitriles is 1. The molecule has 2 rings (SSSR count). The number of nitrogens with one attached hydrogen (secondary N) is 1. The van der Waals surface area contributed by atoms with E-state index in [-0.39, 0.29) is 0 Å². The zero-order chi connectivity index (χ0) is 12.8. The summed E-state index contributed by atoms with van der Waals surface area (Å²) < 4.78 is 1.89. The van der Waals surface area contributed by atoms with Crippen molar-refractivity contribution in [3.63, 3.8) is 0 Å². The molecule has 0 bridgehead atoms. The molecule has 0 unspecified atom stereocenters. The van der Waals surface area contributed by atoms with Gasteiger partial charge < -0.3 is 5.32 Å². The van der Waals surface area contributed by atoms with Gasteiger partial charge in [0.05, 0.1) is 12.5 Å². The molecule has 1 heterocycles. The molecule has 2 aromatic rings. The van der Waals surface area contributed by atoms with Crippen LogP contribution in [0.25, 0.3) is 0 Å². The van der Waals surface area contributed by atoms with E-state index in [1.807, 2.05) is 48.3 Å². The van der Waals surface area contributed by atoms with Gasteiger partial charge in [0.2, 0.25) is 0 Å². The van der Waals surface area contributed by atoms with Crippen LogP contribution in [0.3, 0.4) is 0 Å². The maximum absolute atomic E-state index is 8.59. The molecule has 4 nitrogen and oxygen atoms in total. The van der Waals surface area contributed by atoms with Gasteiger partial charge in [-0.1, -0.05) is 12.1 Å². The summed E-state index contributed by atoms with van der Waals surface area (Å²) in [5, 5.41) is 16.1. The normalized spacial score (nSPS) is 10.0. The summed E-state index contributed by atoms with van der Waals surface area (Å²) in [7, 11) is 1.95. The van der Waals surface area contributed by atoms with Crippen LogP contribution >= 0.6 is 0 Å². The summed E-state index contributed by atoms with van der Waals surface area (Å²) in [6.45, 7) is 0.872. The van der Waals surface area contributed by atoms with Crippen molar-refractivity contribution in [2.45, 2.75) is 12.8 Å². The van der Waals surface area contributed by atoms with E-state index < -0.39 is 0 Å². The summed E-state index contributed by atoms with van der Waals surface area (Å²) in [5.74, 6) is 0. The molecule has 0 spiro atoms. The minimum absolute atomic E-state index is 0.468. The van der Waals surface area contributed by atoms with Crippen molar-refractivity contribution in [2.24, 2.45) is 7.05 Å². The number of benzene rings is 1. The van der Waals surface area contributed by atoms with Crippen LogP contribution in [0.2, 0.25) is 0 Å². The van der Waals surface area contributed by atoms with Gasteiger partial charge in [-0.2, -0.15) is 10.4 Å². The highest BCUT2D eigenvalue weighted by Crippen LogP contribution is 2.10. The molecule has 4 heteroatoms. The molecule has 18 heavy (non-hydrogen) atoms. The molecule has 0 amide bonds.